The number of carboxylic acid groups (broad SMARTS) is 1. The van der Waals surface area contributed by atoms with Crippen molar-refractivity contribution in [2.45, 2.75) is 172 Å². The number of hydrogen-bond acceptors (Lipinski definition) is 12. The number of halogens is 2. The standard InChI is InChI=1S/C38H46F2N2O6.C20H27NO4/c1-3-30(31-18-26(21-42-31)25-10-12-32(44-2)35(19-25)46-28-6-4-5-7-28)36(43)47-29-14-16-38(23-41,17-15-29)27-11-13-33(48-37(39)40)34(20-27)45-22-24-8-9-24;1-3-16(20(22)23)17-10-14(12-21-17)13-8-9-18(24-2)19(11-13)25-15-6-4-5-7-15/h10-13,19-20,24,26,28-29,37,42H,3-9,14-18,21-22H2,1-2H3;8-9,11,14-15,21H,3-7,10,12H2,1-2H3,(H,22,23)/t26-,29?,38?;14-/m01/s1. The number of carboxylic acids is 1. The minimum Gasteiger partial charge on any atom is -0.493 e. The molecule has 6 fully saturated rings. The Morgan fingerprint density at radius 3 is 1.67 bits per heavy atom. The number of nitriles is 1. The molecule has 2 heterocycles. The van der Waals surface area contributed by atoms with Gasteiger partial charge in [-0.15, -0.1) is 0 Å². The second kappa shape index (κ2) is 24.7. The van der Waals surface area contributed by atoms with E-state index in [0.29, 0.717) is 80.7 Å². The minimum atomic E-state index is -2.97. The predicted octanol–water partition coefficient (Wildman–Crippen LogP) is 11.9. The Labute approximate surface area is 428 Å². The third-order valence-electron chi connectivity index (χ3n) is 15.6. The van der Waals surface area contributed by atoms with Crippen LogP contribution in [-0.4, -0.2) is 75.9 Å². The highest BCUT2D eigenvalue weighted by molar-refractivity contribution is 5.89. The summed E-state index contributed by atoms with van der Waals surface area (Å²) in [6, 6.07) is 19.5. The molecule has 13 nitrogen and oxygen atoms in total. The van der Waals surface area contributed by atoms with Crippen LogP contribution in [0, 0.1) is 17.2 Å². The van der Waals surface area contributed by atoms with Gasteiger partial charge in [-0.3, -0.25) is 0 Å². The van der Waals surface area contributed by atoms with Gasteiger partial charge in [0.05, 0.1) is 55.7 Å². The molecule has 0 amide bonds. The van der Waals surface area contributed by atoms with Crippen LogP contribution >= 0.6 is 0 Å². The number of carbonyl (C=O) groups excluding carboxylic acids is 1. The van der Waals surface area contributed by atoms with E-state index >= 15 is 0 Å². The first-order valence-electron chi connectivity index (χ1n) is 26.6. The van der Waals surface area contributed by atoms with Crippen LogP contribution in [0.2, 0.25) is 0 Å². The molecular weight excluding hydrogens is 937 g/mol. The van der Waals surface area contributed by atoms with E-state index in [4.69, 9.17) is 33.2 Å². The van der Waals surface area contributed by atoms with Crippen molar-refractivity contribution in [3.63, 3.8) is 0 Å². The molecule has 3 aromatic carbocycles. The van der Waals surface area contributed by atoms with Gasteiger partial charge >= 0.3 is 18.6 Å². The van der Waals surface area contributed by atoms with Crippen molar-refractivity contribution in [1.82, 2.24) is 10.6 Å². The number of methoxy groups -OCH3 is 2. The zero-order valence-corrected chi connectivity index (χ0v) is 42.9. The van der Waals surface area contributed by atoms with Crippen LogP contribution in [0.5, 0.6) is 34.5 Å². The van der Waals surface area contributed by atoms with Crippen LogP contribution in [0.1, 0.15) is 158 Å². The van der Waals surface area contributed by atoms with Gasteiger partial charge < -0.3 is 48.9 Å². The van der Waals surface area contributed by atoms with E-state index in [0.717, 1.165) is 97.0 Å². The van der Waals surface area contributed by atoms with Crippen LogP contribution < -0.4 is 39.1 Å². The molecule has 0 aromatic heterocycles. The number of carbonyl (C=O) groups is 2. The van der Waals surface area contributed by atoms with Crippen molar-refractivity contribution in [3.8, 4) is 40.6 Å². The van der Waals surface area contributed by atoms with Gasteiger partial charge in [0.15, 0.2) is 34.5 Å². The molecule has 6 aliphatic rings. The van der Waals surface area contributed by atoms with Gasteiger partial charge in [0, 0.05) is 36.3 Å². The number of nitrogens with one attached hydrogen (secondary N) is 2. The molecule has 2 atom stereocenters. The summed E-state index contributed by atoms with van der Waals surface area (Å²) in [6.45, 7) is 2.77. The third-order valence-corrected chi connectivity index (χ3v) is 15.6. The summed E-state index contributed by atoms with van der Waals surface area (Å²) < 4.78 is 66.2. The molecule has 0 radical (unpaired) electrons. The number of allylic oxidation sites excluding steroid dienone is 2. The summed E-state index contributed by atoms with van der Waals surface area (Å²) in [4.78, 5) is 24.9. The fourth-order valence-corrected chi connectivity index (χ4v) is 11.1. The number of benzene rings is 3. The van der Waals surface area contributed by atoms with E-state index in [9.17, 15) is 28.7 Å². The number of nitrogens with zero attached hydrogens (tertiary/aromatic N) is 1. The number of esters is 1. The molecule has 0 unspecified atom stereocenters. The maximum Gasteiger partial charge on any atom is 0.387 e. The average molecular weight is 1010 g/mol. The summed E-state index contributed by atoms with van der Waals surface area (Å²) in [7, 11) is 3.32. The number of rotatable bonds is 19. The van der Waals surface area contributed by atoms with E-state index < -0.39 is 18.0 Å². The zero-order chi connectivity index (χ0) is 51.5. The molecule has 9 rings (SSSR count). The number of aliphatic carboxylic acids is 1. The maximum atomic E-state index is 13.5. The highest BCUT2D eigenvalue weighted by Gasteiger charge is 2.40. The summed E-state index contributed by atoms with van der Waals surface area (Å²) >= 11 is 0. The SMILES string of the molecule is CCC(C(=O)O)=C1C[C@@H](c2ccc(OC)c(OC3CCCC3)c2)CN1.CCC(C(=O)OC1CCC(C#N)(c2ccc(OC(F)F)c(OCC3CC3)c2)CC1)=C1C[C@H](c2ccc(OC)c(OC3CCCC3)c2)CN1. The average Bonchev–Trinajstić information content (AvgIpc) is 3.92. The minimum absolute atomic E-state index is 0.0298. The van der Waals surface area contributed by atoms with Crippen molar-refractivity contribution in [2.24, 2.45) is 5.92 Å². The van der Waals surface area contributed by atoms with E-state index in [1.165, 1.54) is 31.7 Å². The quantitative estimate of drug-likeness (QED) is 0.0767. The molecule has 15 heteroatoms. The van der Waals surface area contributed by atoms with Crippen LogP contribution in [-0.2, 0) is 19.7 Å². The number of ether oxygens (including phenoxy) is 7. The second-order valence-electron chi connectivity index (χ2n) is 20.5. The summed E-state index contributed by atoms with van der Waals surface area (Å²) in [5.41, 5.74) is 5.07. The van der Waals surface area contributed by atoms with E-state index in [-0.39, 0.29) is 47.6 Å². The first kappa shape index (κ1) is 53.1. The van der Waals surface area contributed by atoms with Crippen LogP contribution in [0.15, 0.2) is 77.1 Å². The molecule has 2 aliphatic heterocycles. The Hall–Kier alpha value is -6.17. The van der Waals surface area contributed by atoms with Crippen molar-refractivity contribution in [1.29, 1.82) is 5.26 Å². The van der Waals surface area contributed by atoms with Crippen molar-refractivity contribution in [3.05, 3.63) is 93.8 Å². The monoisotopic (exact) mass is 1010 g/mol. The summed E-state index contributed by atoms with van der Waals surface area (Å²) in [6.07, 6.45) is 15.9. The lowest BCUT2D eigenvalue weighted by molar-refractivity contribution is -0.146. The Morgan fingerprint density at radius 1 is 0.685 bits per heavy atom. The number of alkyl halides is 2. The van der Waals surface area contributed by atoms with Gasteiger partial charge in [-0.25, -0.2) is 9.59 Å². The zero-order valence-electron chi connectivity index (χ0n) is 42.9. The van der Waals surface area contributed by atoms with Crippen molar-refractivity contribution < 1.29 is 56.6 Å². The topological polar surface area (TPSA) is 167 Å². The van der Waals surface area contributed by atoms with Crippen LogP contribution in [0.4, 0.5) is 8.78 Å². The molecule has 4 aliphatic carbocycles. The highest BCUT2D eigenvalue weighted by Crippen LogP contribution is 2.45. The Kier molecular flexibility index (Phi) is 18.0. The van der Waals surface area contributed by atoms with Gasteiger partial charge in [0.1, 0.15) is 6.10 Å². The first-order valence-corrected chi connectivity index (χ1v) is 26.6. The van der Waals surface area contributed by atoms with E-state index in [1.54, 1.807) is 26.4 Å². The van der Waals surface area contributed by atoms with Gasteiger partial charge in [0.25, 0.3) is 0 Å². The van der Waals surface area contributed by atoms with Gasteiger partial charge in [-0.1, -0.05) is 32.0 Å². The maximum absolute atomic E-state index is 13.5. The fourth-order valence-electron chi connectivity index (χ4n) is 11.1. The molecule has 0 spiro atoms. The molecule has 4 saturated carbocycles. The molecular formula is C58H73F2N3O10. The predicted molar refractivity (Wildman–Crippen MR) is 272 cm³/mol. The fraction of sp³-hybridized carbons (Fsp3) is 0.569. The van der Waals surface area contributed by atoms with Crippen LogP contribution in [0.3, 0.4) is 0 Å². The first-order chi connectivity index (χ1) is 35.4. The molecule has 394 valence electrons. The lowest BCUT2D eigenvalue weighted by atomic mass is 9.69. The molecule has 73 heavy (non-hydrogen) atoms. The summed E-state index contributed by atoms with van der Waals surface area (Å²) in [5.74, 6) is 3.00. The summed E-state index contributed by atoms with van der Waals surface area (Å²) in [5, 5.41) is 26.4. The Bertz CT molecular complexity index is 2500. The number of hydrogen-bond donors (Lipinski definition) is 3. The third kappa shape index (κ3) is 13.3. The Morgan fingerprint density at radius 2 is 1.21 bits per heavy atom. The molecule has 2 saturated heterocycles. The van der Waals surface area contributed by atoms with Gasteiger partial charge in [-0.05, 0) is 175 Å². The van der Waals surface area contributed by atoms with E-state index in [1.807, 2.05) is 26.0 Å². The molecule has 3 N–H and O–H groups in total. The van der Waals surface area contributed by atoms with Crippen LogP contribution in [0.25, 0.3) is 0 Å². The highest BCUT2D eigenvalue weighted by atomic mass is 19.3. The van der Waals surface area contributed by atoms with Crippen molar-refractivity contribution >= 4 is 11.9 Å². The normalized spacial score (nSPS) is 24.3. The second-order valence-corrected chi connectivity index (χ2v) is 20.5. The van der Waals surface area contributed by atoms with Crippen molar-refractivity contribution in [2.75, 3.05) is 33.9 Å². The molecule has 0 bridgehead atoms. The lowest BCUT2D eigenvalue weighted by Crippen LogP contribution is -2.34. The molecule has 3 aromatic rings. The smallest absolute Gasteiger partial charge is 0.387 e. The van der Waals surface area contributed by atoms with Gasteiger partial charge in [-0.2, -0.15) is 14.0 Å². The van der Waals surface area contributed by atoms with E-state index in [2.05, 4.69) is 41.0 Å². The lowest BCUT2D eigenvalue weighted by Gasteiger charge is -2.35. The Balaban J connectivity index is 0.000000238. The van der Waals surface area contributed by atoms with Gasteiger partial charge in [0.2, 0.25) is 0 Å². The largest absolute Gasteiger partial charge is 0.493 e.